The molecule has 2 amide bonds. The molecule has 0 spiro atoms. The van der Waals surface area contributed by atoms with Gasteiger partial charge in [-0.05, 0) is 12.3 Å². The third-order valence-electron chi connectivity index (χ3n) is 2.36. The first-order valence-corrected chi connectivity index (χ1v) is 5.93. The van der Waals surface area contributed by atoms with Crippen LogP contribution in [0.15, 0.2) is 0 Å². The lowest BCUT2D eigenvalue weighted by molar-refractivity contribution is -0.131. The Bertz CT molecular complexity index is 259. The highest BCUT2D eigenvalue weighted by atomic mass is 16.3. The number of amides is 2. The van der Waals surface area contributed by atoms with Crippen LogP contribution in [0.3, 0.4) is 0 Å². The molecule has 1 unspecified atom stereocenters. The minimum absolute atomic E-state index is 0.00193. The molecule has 3 N–H and O–H groups in total. The number of nitrogens with one attached hydrogen (secondary N) is 2. The first-order valence-electron chi connectivity index (χ1n) is 5.93. The summed E-state index contributed by atoms with van der Waals surface area (Å²) < 4.78 is 0. The van der Waals surface area contributed by atoms with E-state index in [4.69, 9.17) is 5.11 Å². The Labute approximate surface area is 103 Å². The molecule has 0 heterocycles. The van der Waals surface area contributed by atoms with E-state index in [-0.39, 0.29) is 30.9 Å². The smallest absolute Gasteiger partial charge is 0.239 e. The van der Waals surface area contributed by atoms with Gasteiger partial charge in [0.1, 0.15) is 0 Å². The van der Waals surface area contributed by atoms with Crippen molar-refractivity contribution in [2.24, 2.45) is 11.3 Å². The van der Waals surface area contributed by atoms with Gasteiger partial charge in [0, 0.05) is 18.6 Å². The molecule has 0 aromatic heterocycles. The topological polar surface area (TPSA) is 78.4 Å². The van der Waals surface area contributed by atoms with E-state index in [1.807, 2.05) is 6.92 Å². The molecular formula is C12H24N2O3. The molecule has 1 atom stereocenters. The van der Waals surface area contributed by atoms with Crippen LogP contribution in [0, 0.1) is 11.3 Å². The lowest BCUT2D eigenvalue weighted by Crippen LogP contribution is -2.42. The number of rotatable bonds is 6. The maximum Gasteiger partial charge on any atom is 0.239 e. The van der Waals surface area contributed by atoms with Crippen LogP contribution < -0.4 is 10.6 Å². The molecule has 0 aromatic rings. The summed E-state index contributed by atoms with van der Waals surface area (Å²) in [5.41, 5.74) is -0.482. The largest absolute Gasteiger partial charge is 0.396 e. The van der Waals surface area contributed by atoms with Gasteiger partial charge in [-0.3, -0.25) is 9.59 Å². The Kier molecular flexibility index (Phi) is 6.80. The zero-order chi connectivity index (χ0) is 13.5. The lowest BCUT2D eigenvalue weighted by Gasteiger charge is -2.17. The van der Waals surface area contributed by atoms with E-state index >= 15 is 0 Å². The van der Waals surface area contributed by atoms with Gasteiger partial charge in [-0.25, -0.2) is 0 Å². The van der Waals surface area contributed by atoms with Crippen molar-refractivity contribution < 1.29 is 14.7 Å². The van der Waals surface area contributed by atoms with E-state index in [1.54, 1.807) is 20.8 Å². The van der Waals surface area contributed by atoms with Crippen molar-refractivity contribution >= 4 is 11.8 Å². The number of aliphatic hydroxyl groups is 1. The van der Waals surface area contributed by atoms with Crippen molar-refractivity contribution in [3.05, 3.63) is 0 Å². The summed E-state index contributed by atoms with van der Waals surface area (Å²) >= 11 is 0. The van der Waals surface area contributed by atoms with Crippen LogP contribution in [0.5, 0.6) is 0 Å². The van der Waals surface area contributed by atoms with Gasteiger partial charge in [-0.15, -0.1) is 0 Å². The normalized spacial score (nSPS) is 13.0. The predicted molar refractivity (Wildman–Crippen MR) is 66.3 cm³/mol. The SMILES string of the molecule is CC(CCO)CNC(=O)CNC(=O)C(C)(C)C. The van der Waals surface area contributed by atoms with Crippen molar-refractivity contribution in [1.82, 2.24) is 10.6 Å². The van der Waals surface area contributed by atoms with Gasteiger partial charge < -0.3 is 15.7 Å². The zero-order valence-corrected chi connectivity index (χ0v) is 11.2. The van der Waals surface area contributed by atoms with Crippen LogP contribution in [0.4, 0.5) is 0 Å². The maximum absolute atomic E-state index is 11.5. The van der Waals surface area contributed by atoms with Crippen LogP contribution in [0.25, 0.3) is 0 Å². The zero-order valence-electron chi connectivity index (χ0n) is 11.2. The summed E-state index contributed by atoms with van der Waals surface area (Å²) in [5.74, 6) is -0.106. The number of aliphatic hydroxyl groups excluding tert-OH is 1. The lowest BCUT2D eigenvalue weighted by atomic mass is 9.96. The van der Waals surface area contributed by atoms with Crippen molar-refractivity contribution in [3.63, 3.8) is 0 Å². The quantitative estimate of drug-likeness (QED) is 0.628. The van der Waals surface area contributed by atoms with Crippen LogP contribution >= 0.6 is 0 Å². The van der Waals surface area contributed by atoms with E-state index < -0.39 is 5.41 Å². The highest BCUT2D eigenvalue weighted by Gasteiger charge is 2.21. The average Bonchev–Trinajstić information content (AvgIpc) is 2.22. The van der Waals surface area contributed by atoms with Gasteiger partial charge in [0.2, 0.25) is 11.8 Å². The highest BCUT2D eigenvalue weighted by Crippen LogP contribution is 2.11. The molecule has 100 valence electrons. The third kappa shape index (κ3) is 7.74. The van der Waals surface area contributed by atoms with Gasteiger partial charge in [0.05, 0.1) is 6.54 Å². The van der Waals surface area contributed by atoms with E-state index in [0.717, 1.165) is 0 Å². The van der Waals surface area contributed by atoms with Gasteiger partial charge in [0.15, 0.2) is 0 Å². The van der Waals surface area contributed by atoms with Gasteiger partial charge >= 0.3 is 0 Å². The first kappa shape index (κ1) is 15.9. The Morgan fingerprint density at radius 2 is 1.82 bits per heavy atom. The Morgan fingerprint density at radius 1 is 1.24 bits per heavy atom. The molecular weight excluding hydrogens is 220 g/mol. The summed E-state index contributed by atoms with van der Waals surface area (Å²) in [6, 6.07) is 0. The van der Waals surface area contributed by atoms with E-state index in [9.17, 15) is 9.59 Å². The second kappa shape index (κ2) is 7.27. The molecule has 0 radical (unpaired) electrons. The van der Waals surface area contributed by atoms with E-state index in [0.29, 0.717) is 13.0 Å². The fourth-order valence-corrected chi connectivity index (χ4v) is 1.10. The molecule has 0 aliphatic heterocycles. The molecule has 5 heteroatoms. The monoisotopic (exact) mass is 244 g/mol. The molecule has 5 nitrogen and oxygen atoms in total. The van der Waals surface area contributed by atoms with Crippen molar-refractivity contribution in [3.8, 4) is 0 Å². The van der Waals surface area contributed by atoms with Crippen molar-refractivity contribution in [2.75, 3.05) is 19.7 Å². The molecule has 0 rings (SSSR count). The van der Waals surface area contributed by atoms with Crippen LogP contribution in [0.2, 0.25) is 0 Å². The van der Waals surface area contributed by atoms with Gasteiger partial charge in [0.25, 0.3) is 0 Å². The summed E-state index contributed by atoms with van der Waals surface area (Å²) in [6.07, 6.45) is 0.661. The van der Waals surface area contributed by atoms with Crippen molar-refractivity contribution in [2.45, 2.75) is 34.1 Å². The minimum atomic E-state index is -0.482. The van der Waals surface area contributed by atoms with Crippen LogP contribution in [-0.4, -0.2) is 36.6 Å². The predicted octanol–water partition coefficient (Wildman–Crippen LogP) is 0.283. The first-order chi connectivity index (χ1) is 7.77. The molecule has 0 saturated carbocycles. The van der Waals surface area contributed by atoms with Gasteiger partial charge in [-0.1, -0.05) is 27.7 Å². The fraction of sp³-hybridized carbons (Fsp3) is 0.833. The third-order valence-corrected chi connectivity index (χ3v) is 2.36. The standard InChI is InChI=1S/C12H24N2O3/c1-9(5-6-15)7-13-10(16)8-14-11(17)12(2,3)4/h9,15H,5-8H2,1-4H3,(H,13,16)(H,14,17). The highest BCUT2D eigenvalue weighted by molar-refractivity contribution is 5.87. The molecule has 0 aliphatic rings. The fourth-order valence-electron chi connectivity index (χ4n) is 1.10. The second-order valence-corrected chi connectivity index (χ2v) is 5.35. The number of carbonyl (C=O) groups excluding carboxylic acids is 2. The Hall–Kier alpha value is -1.10. The second-order valence-electron chi connectivity index (χ2n) is 5.35. The molecule has 0 bridgehead atoms. The maximum atomic E-state index is 11.5. The van der Waals surface area contributed by atoms with Crippen LogP contribution in [0.1, 0.15) is 34.1 Å². The Balaban J connectivity index is 3.78. The summed E-state index contributed by atoms with van der Waals surface area (Å²) in [5, 5.41) is 14.0. The van der Waals surface area contributed by atoms with E-state index in [2.05, 4.69) is 10.6 Å². The number of carbonyl (C=O) groups is 2. The molecule has 17 heavy (non-hydrogen) atoms. The van der Waals surface area contributed by atoms with Crippen LogP contribution in [-0.2, 0) is 9.59 Å². The van der Waals surface area contributed by atoms with Crippen molar-refractivity contribution in [1.29, 1.82) is 0 Å². The minimum Gasteiger partial charge on any atom is -0.396 e. The molecule has 0 aromatic carbocycles. The van der Waals surface area contributed by atoms with E-state index in [1.165, 1.54) is 0 Å². The summed E-state index contributed by atoms with van der Waals surface area (Å²) in [6.45, 7) is 7.98. The molecule has 0 saturated heterocycles. The molecule has 0 fully saturated rings. The Morgan fingerprint density at radius 3 is 2.29 bits per heavy atom. The summed E-state index contributed by atoms with van der Waals surface area (Å²) in [4.78, 5) is 22.9. The average molecular weight is 244 g/mol. The number of hydrogen-bond donors (Lipinski definition) is 3. The number of hydrogen-bond acceptors (Lipinski definition) is 3. The summed E-state index contributed by atoms with van der Waals surface area (Å²) in [7, 11) is 0. The molecule has 0 aliphatic carbocycles. The van der Waals surface area contributed by atoms with Gasteiger partial charge in [-0.2, -0.15) is 0 Å².